The molecular formula is C33H46ClN7O3S. The smallest absolute Gasteiger partial charge is 0.327 e. The highest BCUT2D eigenvalue weighted by atomic mass is 35.5. The molecule has 3 aliphatic rings. The van der Waals surface area contributed by atoms with Crippen LogP contribution in [0.2, 0.25) is 5.02 Å². The Hall–Kier alpha value is -3.02. The number of carbonyl (C=O) groups is 2. The molecule has 244 valence electrons. The van der Waals surface area contributed by atoms with Crippen LogP contribution in [0.5, 0.6) is 0 Å². The maximum atomic E-state index is 14.0. The van der Waals surface area contributed by atoms with Crippen molar-refractivity contribution in [1.29, 1.82) is 0 Å². The number of pyridine rings is 1. The van der Waals surface area contributed by atoms with Crippen LogP contribution in [0.15, 0.2) is 41.3 Å². The van der Waals surface area contributed by atoms with Crippen molar-refractivity contribution in [3.05, 3.63) is 57.6 Å². The number of hydrogen-bond acceptors (Lipinski definition) is 7. The summed E-state index contributed by atoms with van der Waals surface area (Å²) in [5, 5.41) is 0.0364. The first kappa shape index (κ1) is 31.9. The lowest BCUT2D eigenvalue weighted by Crippen LogP contribution is -2.45. The van der Waals surface area contributed by atoms with Crippen LogP contribution in [-0.2, 0) is 9.59 Å². The Morgan fingerprint density at radius 2 is 1.80 bits per heavy atom. The minimum atomic E-state index is -0.457. The van der Waals surface area contributed by atoms with Crippen LogP contribution in [0.3, 0.4) is 0 Å². The average molecular weight is 656 g/mol. The minimum Gasteiger partial charge on any atom is -0.367 e. The van der Waals surface area contributed by atoms with E-state index in [0.717, 1.165) is 49.4 Å². The molecule has 10 nitrogen and oxygen atoms in total. The molecule has 2 aromatic heterocycles. The van der Waals surface area contributed by atoms with Crippen LogP contribution >= 0.6 is 23.4 Å². The molecule has 3 fully saturated rings. The number of likely N-dealkylation sites (N-methyl/N-ethyl adjacent to an activating group) is 1. The molecular weight excluding hydrogens is 610 g/mol. The lowest BCUT2D eigenvalue weighted by atomic mass is 9.92. The van der Waals surface area contributed by atoms with E-state index in [0.29, 0.717) is 43.1 Å². The van der Waals surface area contributed by atoms with E-state index in [9.17, 15) is 14.4 Å². The Labute approximate surface area is 275 Å². The molecule has 0 spiro atoms. The quantitative estimate of drug-likeness (QED) is 0.382. The number of nitrogens with zero attached hydrogens (tertiary/aromatic N) is 6. The first-order valence-corrected chi connectivity index (χ1v) is 17.3. The Kier molecular flexibility index (Phi) is 9.23. The van der Waals surface area contributed by atoms with Gasteiger partial charge >= 0.3 is 5.69 Å². The molecule has 0 saturated carbocycles. The van der Waals surface area contributed by atoms with Crippen LogP contribution in [-0.4, -0.2) is 99.2 Å². The van der Waals surface area contributed by atoms with E-state index in [1.165, 1.54) is 0 Å². The van der Waals surface area contributed by atoms with Crippen molar-refractivity contribution in [3.63, 3.8) is 0 Å². The number of H-pyrrole nitrogens is 1. The number of aromatic amines is 1. The highest BCUT2D eigenvalue weighted by Crippen LogP contribution is 2.49. The summed E-state index contributed by atoms with van der Waals surface area (Å²) in [7, 11) is 2.13. The van der Waals surface area contributed by atoms with Gasteiger partial charge in [-0.1, -0.05) is 44.5 Å². The van der Waals surface area contributed by atoms with Crippen molar-refractivity contribution in [2.45, 2.75) is 63.1 Å². The zero-order valence-corrected chi connectivity index (χ0v) is 28.2. The summed E-state index contributed by atoms with van der Waals surface area (Å²) < 4.78 is 1.78. The second kappa shape index (κ2) is 13.0. The van der Waals surface area contributed by atoms with E-state index in [1.54, 1.807) is 22.5 Å². The van der Waals surface area contributed by atoms with Gasteiger partial charge in [0, 0.05) is 71.5 Å². The number of halogens is 1. The average Bonchev–Trinajstić information content (AvgIpc) is 3.51. The number of aromatic nitrogens is 3. The van der Waals surface area contributed by atoms with Crippen molar-refractivity contribution >= 4 is 52.0 Å². The van der Waals surface area contributed by atoms with Gasteiger partial charge < -0.3 is 19.6 Å². The molecule has 0 bridgehead atoms. The number of amides is 2. The molecule has 1 N–H and O–H groups in total. The lowest BCUT2D eigenvalue weighted by Gasteiger charge is -2.37. The highest BCUT2D eigenvalue weighted by molar-refractivity contribution is 8.01. The Morgan fingerprint density at radius 1 is 1.07 bits per heavy atom. The van der Waals surface area contributed by atoms with E-state index in [-0.39, 0.29) is 42.2 Å². The fraction of sp³-hybridized carbons (Fsp3) is 0.576. The standard InChI is InChI=1S/C33H44ClN7O3S.H2/c1-33(2,3)12-16-40-30(43)26(45-31(40)23-7-5-8-24(34)28(23)39-19-17-37(4)18-20-39)21-27(42)38-14-10-22(11-15-38)41-25-9-6-13-35-29(25)36-32(41)44;/h5-9,13,22,26,31H,10-12,14-21H2,1-4H3,(H,35,36,44);1H. The van der Waals surface area contributed by atoms with Gasteiger partial charge in [0.25, 0.3) is 0 Å². The van der Waals surface area contributed by atoms with E-state index in [2.05, 4.69) is 53.7 Å². The third-order valence-electron chi connectivity index (χ3n) is 9.37. The molecule has 2 amide bonds. The SMILES string of the molecule is CN1CCN(c2c(Cl)cccc2C2SC(CC(=O)N3CCC(n4c(=O)[nH]c5ncccc54)CC3)C(=O)N2CCC(C)(C)C)CC1.[HH]. The van der Waals surface area contributed by atoms with Gasteiger partial charge in [-0.15, -0.1) is 11.8 Å². The summed E-state index contributed by atoms with van der Waals surface area (Å²) in [5.74, 6) is 0.0219. The van der Waals surface area contributed by atoms with Gasteiger partial charge in [-0.05, 0) is 49.9 Å². The molecule has 3 aromatic rings. The van der Waals surface area contributed by atoms with Gasteiger partial charge in [0.2, 0.25) is 11.8 Å². The maximum absolute atomic E-state index is 14.0. The first-order valence-electron chi connectivity index (χ1n) is 16.0. The number of likely N-dealkylation sites (tertiary alicyclic amines) is 1. The Balaban J connectivity index is 0.00000417. The van der Waals surface area contributed by atoms with Crippen molar-refractivity contribution in [3.8, 4) is 0 Å². The molecule has 3 saturated heterocycles. The fourth-order valence-electron chi connectivity index (χ4n) is 6.72. The van der Waals surface area contributed by atoms with Crippen LogP contribution in [0.4, 0.5) is 5.69 Å². The van der Waals surface area contributed by atoms with E-state index < -0.39 is 5.25 Å². The molecule has 1 aromatic carbocycles. The second-order valence-corrected chi connectivity index (χ2v) is 15.5. The second-order valence-electron chi connectivity index (χ2n) is 13.8. The molecule has 0 radical (unpaired) electrons. The molecule has 2 atom stereocenters. The zero-order valence-electron chi connectivity index (χ0n) is 26.7. The zero-order chi connectivity index (χ0) is 31.9. The lowest BCUT2D eigenvalue weighted by molar-refractivity contribution is -0.136. The van der Waals surface area contributed by atoms with Crippen LogP contribution < -0.4 is 10.6 Å². The van der Waals surface area contributed by atoms with Crippen molar-refractivity contribution in [2.24, 2.45) is 5.41 Å². The number of nitrogens with one attached hydrogen (secondary N) is 1. The predicted octanol–water partition coefficient (Wildman–Crippen LogP) is 5.01. The highest BCUT2D eigenvalue weighted by Gasteiger charge is 2.44. The summed E-state index contributed by atoms with van der Waals surface area (Å²) in [4.78, 5) is 56.0. The summed E-state index contributed by atoms with van der Waals surface area (Å²) in [6.07, 6.45) is 4.04. The van der Waals surface area contributed by atoms with Gasteiger partial charge in [0.05, 0.1) is 21.5 Å². The molecule has 5 heterocycles. The van der Waals surface area contributed by atoms with Crippen molar-refractivity contribution in [1.82, 2.24) is 29.2 Å². The van der Waals surface area contributed by atoms with Crippen LogP contribution in [0.1, 0.15) is 64.9 Å². The third-order valence-corrected chi connectivity index (χ3v) is 11.1. The monoisotopic (exact) mass is 655 g/mol. The minimum absolute atomic E-state index is 0. The molecule has 6 rings (SSSR count). The molecule has 0 aliphatic carbocycles. The number of fused-ring (bicyclic) bond motifs is 1. The maximum Gasteiger partial charge on any atom is 0.327 e. The summed E-state index contributed by atoms with van der Waals surface area (Å²) >= 11 is 8.46. The predicted molar refractivity (Wildman–Crippen MR) is 183 cm³/mol. The van der Waals surface area contributed by atoms with Crippen molar-refractivity contribution in [2.75, 3.05) is 57.8 Å². The number of imidazole rings is 1. The van der Waals surface area contributed by atoms with E-state index in [4.69, 9.17) is 11.6 Å². The number of anilines is 1. The van der Waals surface area contributed by atoms with Gasteiger partial charge in [-0.25, -0.2) is 9.78 Å². The normalized spacial score (nSPS) is 22.2. The number of piperazine rings is 1. The number of rotatable bonds is 7. The number of thioether (sulfide) groups is 1. The summed E-state index contributed by atoms with van der Waals surface area (Å²) in [6, 6.07) is 9.74. The summed E-state index contributed by atoms with van der Waals surface area (Å²) in [6.45, 7) is 11.9. The van der Waals surface area contributed by atoms with Crippen LogP contribution in [0.25, 0.3) is 11.2 Å². The van der Waals surface area contributed by atoms with Crippen molar-refractivity contribution < 1.29 is 11.0 Å². The van der Waals surface area contributed by atoms with Gasteiger partial charge in [-0.2, -0.15) is 0 Å². The number of hydrogen-bond donors (Lipinski definition) is 1. The van der Waals surface area contributed by atoms with Gasteiger partial charge in [0.1, 0.15) is 5.37 Å². The molecule has 45 heavy (non-hydrogen) atoms. The Morgan fingerprint density at radius 3 is 2.51 bits per heavy atom. The fourth-order valence-corrected chi connectivity index (χ4v) is 8.52. The number of benzene rings is 1. The molecule has 2 unspecified atom stereocenters. The van der Waals surface area contributed by atoms with Gasteiger partial charge in [-0.3, -0.25) is 19.1 Å². The van der Waals surface area contributed by atoms with E-state index >= 15 is 0 Å². The number of para-hydroxylation sites is 1. The van der Waals surface area contributed by atoms with Crippen LogP contribution in [0, 0.1) is 5.41 Å². The summed E-state index contributed by atoms with van der Waals surface area (Å²) in [5.41, 5.74) is 3.33. The number of carbonyl (C=O) groups excluding carboxylic acids is 2. The van der Waals surface area contributed by atoms with E-state index in [1.807, 2.05) is 34.1 Å². The third kappa shape index (κ3) is 6.76. The van der Waals surface area contributed by atoms with Gasteiger partial charge in [0.15, 0.2) is 5.65 Å². The Bertz CT molecular complexity index is 1610. The molecule has 12 heteroatoms. The topological polar surface area (TPSA) is 97.8 Å². The number of piperidine rings is 1. The molecule has 3 aliphatic heterocycles. The largest absolute Gasteiger partial charge is 0.367 e. The first-order chi connectivity index (χ1) is 21.5.